The predicted molar refractivity (Wildman–Crippen MR) is 54.0 cm³/mol. The molecule has 76 valence electrons. The summed E-state index contributed by atoms with van der Waals surface area (Å²) in [5.41, 5.74) is -0.335. The summed E-state index contributed by atoms with van der Waals surface area (Å²) >= 11 is 0. The smallest absolute Gasteiger partial charge is 0.272 e. The summed E-state index contributed by atoms with van der Waals surface area (Å²) in [6.07, 6.45) is 2.18. The minimum absolute atomic E-state index is 0.277. The first kappa shape index (κ1) is 9.24. The highest BCUT2D eigenvalue weighted by Gasteiger charge is 2.28. The highest BCUT2D eigenvalue weighted by Crippen LogP contribution is 2.25. The quantitative estimate of drug-likeness (QED) is 0.650. The van der Waals surface area contributed by atoms with Crippen molar-refractivity contribution in [1.82, 2.24) is 0 Å². The minimum atomic E-state index is -0.464. The maximum atomic E-state index is 11.3. The van der Waals surface area contributed by atoms with Crippen molar-refractivity contribution in [2.24, 2.45) is 0 Å². The highest BCUT2D eigenvalue weighted by molar-refractivity contribution is 5.64. The van der Waals surface area contributed by atoms with Crippen LogP contribution in [0.4, 0.5) is 5.69 Å². The van der Waals surface area contributed by atoms with Crippen molar-refractivity contribution in [2.75, 3.05) is 24.6 Å². The molecule has 0 aliphatic carbocycles. The number of hydrogen-bond acceptors (Lipinski definition) is 4. The van der Waals surface area contributed by atoms with Crippen LogP contribution >= 0.6 is 0 Å². The van der Waals surface area contributed by atoms with Gasteiger partial charge in [0.2, 0.25) is 0 Å². The average molecular weight is 195 g/mol. The Hall–Kier alpha value is -1.32. The zero-order valence-corrected chi connectivity index (χ0v) is 8.21. The molecule has 4 nitrogen and oxygen atoms in total. The van der Waals surface area contributed by atoms with Gasteiger partial charge in [-0.3, -0.25) is 9.59 Å². The van der Waals surface area contributed by atoms with E-state index >= 15 is 0 Å². The molecule has 2 rings (SSSR count). The van der Waals surface area contributed by atoms with Crippen LogP contribution in [0.3, 0.4) is 0 Å². The number of hydrogen-bond donors (Lipinski definition) is 0. The van der Waals surface area contributed by atoms with E-state index < -0.39 is 5.43 Å². The molecule has 1 aromatic rings. The van der Waals surface area contributed by atoms with Crippen molar-refractivity contribution >= 4 is 5.69 Å². The Morgan fingerprint density at radius 1 is 1.21 bits per heavy atom. The number of anilines is 1. The van der Waals surface area contributed by atoms with Crippen LogP contribution in [-0.4, -0.2) is 19.7 Å². The molecule has 0 N–H and O–H groups in total. The Labute approximate surface area is 81.8 Å². The molecule has 0 radical (unpaired) electrons. The van der Waals surface area contributed by atoms with E-state index in [1.807, 2.05) is 11.8 Å². The first-order valence-electron chi connectivity index (χ1n) is 4.96. The SMILES string of the molecule is CCOc1c(N2CCCC2)c(=O)c1=O. The van der Waals surface area contributed by atoms with E-state index in [2.05, 4.69) is 0 Å². The topological polar surface area (TPSA) is 46.6 Å². The maximum Gasteiger partial charge on any atom is 0.272 e. The van der Waals surface area contributed by atoms with Crippen LogP contribution in [0.1, 0.15) is 19.8 Å². The van der Waals surface area contributed by atoms with E-state index in [0.29, 0.717) is 12.3 Å². The minimum Gasteiger partial charge on any atom is -0.488 e. The van der Waals surface area contributed by atoms with Gasteiger partial charge in [-0.1, -0.05) is 0 Å². The first-order chi connectivity index (χ1) is 6.75. The average Bonchev–Trinajstić information content (AvgIpc) is 2.70. The van der Waals surface area contributed by atoms with Crippen molar-refractivity contribution in [3.63, 3.8) is 0 Å². The molecule has 1 heterocycles. The van der Waals surface area contributed by atoms with Gasteiger partial charge in [-0.15, -0.1) is 0 Å². The molecule has 1 aliphatic rings. The van der Waals surface area contributed by atoms with Gasteiger partial charge in [-0.05, 0) is 19.8 Å². The molecular weight excluding hydrogens is 182 g/mol. The fourth-order valence-corrected chi connectivity index (χ4v) is 1.87. The normalized spacial score (nSPS) is 16.5. The molecule has 0 bridgehead atoms. The monoisotopic (exact) mass is 195 g/mol. The van der Waals surface area contributed by atoms with E-state index in [4.69, 9.17) is 4.74 Å². The summed E-state index contributed by atoms with van der Waals surface area (Å²) < 4.78 is 5.15. The molecular formula is C10H13NO3. The second-order valence-electron chi connectivity index (χ2n) is 3.46. The lowest BCUT2D eigenvalue weighted by Gasteiger charge is -2.21. The Balaban J connectivity index is 2.28. The summed E-state index contributed by atoms with van der Waals surface area (Å²) in [7, 11) is 0. The van der Waals surface area contributed by atoms with E-state index in [9.17, 15) is 9.59 Å². The summed E-state index contributed by atoms with van der Waals surface area (Å²) in [6.45, 7) is 3.98. The van der Waals surface area contributed by atoms with Crippen LogP contribution in [0.2, 0.25) is 0 Å². The Morgan fingerprint density at radius 2 is 1.86 bits per heavy atom. The third kappa shape index (κ3) is 1.22. The molecule has 4 heteroatoms. The van der Waals surface area contributed by atoms with Crippen LogP contribution in [0.25, 0.3) is 0 Å². The van der Waals surface area contributed by atoms with Crippen LogP contribution in [-0.2, 0) is 0 Å². The lowest BCUT2D eigenvalue weighted by atomic mass is 10.2. The van der Waals surface area contributed by atoms with Gasteiger partial charge in [0, 0.05) is 13.1 Å². The molecule has 1 aliphatic heterocycles. The number of rotatable bonds is 3. The largest absolute Gasteiger partial charge is 0.488 e. The van der Waals surface area contributed by atoms with Crippen molar-refractivity contribution in [3.05, 3.63) is 20.4 Å². The van der Waals surface area contributed by atoms with Crippen LogP contribution in [0.15, 0.2) is 9.59 Å². The van der Waals surface area contributed by atoms with E-state index in [0.717, 1.165) is 25.9 Å². The molecule has 0 aromatic heterocycles. The Bertz CT molecular complexity index is 397. The van der Waals surface area contributed by atoms with Crippen LogP contribution in [0, 0.1) is 0 Å². The molecule has 14 heavy (non-hydrogen) atoms. The van der Waals surface area contributed by atoms with Crippen molar-refractivity contribution in [3.8, 4) is 5.75 Å². The first-order valence-corrected chi connectivity index (χ1v) is 4.96. The second-order valence-corrected chi connectivity index (χ2v) is 3.46. The molecule has 0 spiro atoms. The molecule has 1 aromatic carbocycles. The van der Waals surface area contributed by atoms with Gasteiger partial charge in [-0.25, -0.2) is 0 Å². The van der Waals surface area contributed by atoms with Crippen molar-refractivity contribution in [1.29, 1.82) is 0 Å². The summed E-state index contributed by atoms with van der Waals surface area (Å²) in [4.78, 5) is 24.4. The number of ether oxygens (including phenoxy) is 1. The molecule has 0 saturated carbocycles. The summed E-state index contributed by atoms with van der Waals surface area (Å²) in [6, 6.07) is 0. The van der Waals surface area contributed by atoms with E-state index in [1.54, 1.807) is 0 Å². The molecule has 1 saturated heterocycles. The Morgan fingerprint density at radius 3 is 2.43 bits per heavy atom. The van der Waals surface area contributed by atoms with Gasteiger partial charge in [0.15, 0.2) is 5.75 Å². The summed E-state index contributed by atoms with van der Waals surface area (Å²) in [5, 5.41) is 0. The standard InChI is InChI=1S/C10H13NO3/c1-2-14-10-7(8(12)9(10)13)11-5-3-4-6-11/h2-6H2,1H3. The summed E-state index contributed by atoms with van der Waals surface area (Å²) in [5.74, 6) is 0.277. The lowest BCUT2D eigenvalue weighted by Crippen LogP contribution is -2.40. The van der Waals surface area contributed by atoms with Crippen LogP contribution < -0.4 is 20.5 Å². The number of nitrogens with zero attached hydrogens (tertiary/aromatic N) is 1. The van der Waals surface area contributed by atoms with Gasteiger partial charge in [-0.2, -0.15) is 0 Å². The highest BCUT2D eigenvalue weighted by atomic mass is 16.5. The van der Waals surface area contributed by atoms with Crippen molar-refractivity contribution < 1.29 is 4.74 Å². The Kier molecular flexibility index (Phi) is 2.27. The molecule has 0 atom stereocenters. The maximum absolute atomic E-state index is 11.3. The van der Waals surface area contributed by atoms with Gasteiger partial charge in [0.25, 0.3) is 10.9 Å². The van der Waals surface area contributed by atoms with Crippen molar-refractivity contribution in [2.45, 2.75) is 19.8 Å². The molecule has 0 unspecified atom stereocenters. The fraction of sp³-hybridized carbons (Fsp3) is 0.600. The third-order valence-electron chi connectivity index (χ3n) is 2.55. The third-order valence-corrected chi connectivity index (χ3v) is 2.55. The van der Waals surface area contributed by atoms with Gasteiger partial charge in [0.05, 0.1) is 6.61 Å². The second kappa shape index (κ2) is 3.44. The molecule has 1 fully saturated rings. The van der Waals surface area contributed by atoms with Gasteiger partial charge < -0.3 is 9.64 Å². The predicted octanol–water partition coefficient (Wildman–Crippen LogP) is 0.281. The molecule has 0 amide bonds. The van der Waals surface area contributed by atoms with Crippen LogP contribution in [0.5, 0.6) is 5.75 Å². The van der Waals surface area contributed by atoms with Gasteiger partial charge >= 0.3 is 0 Å². The zero-order chi connectivity index (χ0) is 10.1. The van der Waals surface area contributed by atoms with Gasteiger partial charge in [0.1, 0.15) is 5.69 Å². The van der Waals surface area contributed by atoms with E-state index in [-0.39, 0.29) is 11.2 Å². The lowest BCUT2D eigenvalue weighted by molar-refractivity contribution is 0.333. The zero-order valence-electron chi connectivity index (χ0n) is 8.21. The van der Waals surface area contributed by atoms with E-state index in [1.165, 1.54) is 0 Å². The fourth-order valence-electron chi connectivity index (χ4n) is 1.87.